The van der Waals surface area contributed by atoms with E-state index in [9.17, 15) is 13.6 Å². The van der Waals surface area contributed by atoms with Crippen LogP contribution in [-0.4, -0.2) is 12.5 Å². The topological polar surface area (TPSA) is 69.1 Å². The summed E-state index contributed by atoms with van der Waals surface area (Å²) >= 11 is 0. The number of halogens is 2. The van der Waals surface area contributed by atoms with E-state index in [0.29, 0.717) is 0 Å². The van der Waals surface area contributed by atoms with Crippen LogP contribution in [-0.2, 0) is 4.79 Å². The van der Waals surface area contributed by atoms with Gasteiger partial charge < -0.3 is 11.5 Å². The van der Waals surface area contributed by atoms with E-state index in [4.69, 9.17) is 5.73 Å². The summed E-state index contributed by atoms with van der Waals surface area (Å²) in [6.07, 6.45) is 0.900. The van der Waals surface area contributed by atoms with Crippen molar-refractivity contribution >= 4 is 5.91 Å². The third kappa shape index (κ3) is 13.9. The van der Waals surface area contributed by atoms with Gasteiger partial charge >= 0.3 is 0 Å². The number of benzene rings is 2. The second-order valence-electron chi connectivity index (χ2n) is 6.47. The molecule has 158 valence electrons. The summed E-state index contributed by atoms with van der Waals surface area (Å²) in [6.45, 7) is 12.5. The first kappa shape index (κ1) is 27.9. The summed E-state index contributed by atoms with van der Waals surface area (Å²) in [5.41, 5.74) is 11.3. The predicted molar refractivity (Wildman–Crippen MR) is 115 cm³/mol. The second kappa shape index (κ2) is 16.9. The zero-order valence-corrected chi connectivity index (χ0v) is 18.0. The van der Waals surface area contributed by atoms with Gasteiger partial charge in [0, 0.05) is 5.92 Å². The molecular weight excluding hydrogens is 358 g/mol. The van der Waals surface area contributed by atoms with Crippen molar-refractivity contribution in [2.75, 3.05) is 6.54 Å². The molecule has 0 heterocycles. The molecule has 0 aliphatic carbocycles. The van der Waals surface area contributed by atoms with Gasteiger partial charge in [0.15, 0.2) is 0 Å². The Morgan fingerprint density at radius 1 is 0.857 bits per heavy atom. The third-order valence-electron chi connectivity index (χ3n) is 3.15. The molecule has 2 aromatic rings. The fourth-order valence-corrected chi connectivity index (χ4v) is 2.05. The lowest BCUT2D eigenvalue weighted by Gasteiger charge is -2.15. The number of rotatable bonds is 4. The fraction of sp³-hybridized carbons (Fsp3) is 0.435. The number of amides is 1. The van der Waals surface area contributed by atoms with E-state index >= 15 is 0 Å². The number of carbonyl (C=O) groups is 1. The molecule has 4 N–H and O–H groups in total. The normalized spacial score (nSPS) is 9.39. The fourth-order valence-electron chi connectivity index (χ4n) is 2.05. The number of carbonyl (C=O) groups excluding carboxylic acids is 1. The molecule has 0 aliphatic heterocycles. The molecule has 0 saturated carbocycles. The maximum Gasteiger partial charge on any atom is 0.231 e. The number of nitrogens with two attached hydrogens (primary N) is 2. The van der Waals surface area contributed by atoms with Crippen molar-refractivity contribution in [2.24, 2.45) is 17.4 Å². The van der Waals surface area contributed by atoms with Gasteiger partial charge in [-0.1, -0.05) is 65.8 Å². The molecule has 0 unspecified atom stereocenters. The van der Waals surface area contributed by atoms with E-state index in [1.807, 2.05) is 13.8 Å². The summed E-state index contributed by atoms with van der Waals surface area (Å²) in [4.78, 5) is 9.47. The van der Waals surface area contributed by atoms with Gasteiger partial charge in [-0.25, -0.2) is 8.78 Å². The second-order valence-corrected chi connectivity index (χ2v) is 6.47. The van der Waals surface area contributed by atoms with E-state index in [2.05, 4.69) is 33.4 Å². The molecule has 5 heteroatoms. The molecule has 0 atom stereocenters. The van der Waals surface area contributed by atoms with Crippen LogP contribution in [0.5, 0.6) is 0 Å². The lowest BCUT2D eigenvalue weighted by Crippen LogP contribution is -2.21. The van der Waals surface area contributed by atoms with Crippen molar-refractivity contribution in [3.8, 4) is 0 Å². The monoisotopic (exact) mass is 394 g/mol. The highest BCUT2D eigenvalue weighted by Gasteiger charge is 2.11. The van der Waals surface area contributed by atoms with Gasteiger partial charge in [-0.3, -0.25) is 4.79 Å². The van der Waals surface area contributed by atoms with E-state index in [-0.39, 0.29) is 24.1 Å². The average Bonchev–Trinajstić information content (AvgIpc) is 2.67. The van der Waals surface area contributed by atoms with E-state index < -0.39 is 5.91 Å². The molecule has 0 aliphatic rings. The predicted octanol–water partition coefficient (Wildman–Crippen LogP) is 5.63. The smallest absolute Gasteiger partial charge is 0.231 e. The van der Waals surface area contributed by atoms with Crippen molar-refractivity contribution in [1.29, 1.82) is 0 Å². The Kier molecular flexibility index (Phi) is 16.8. The Morgan fingerprint density at radius 2 is 1.11 bits per heavy atom. The van der Waals surface area contributed by atoms with Crippen LogP contribution in [0.1, 0.15) is 65.0 Å². The Bertz CT molecular complexity index is 578. The van der Waals surface area contributed by atoms with Crippen LogP contribution >= 0.6 is 0 Å². The standard InChI is InChI=1S/C15H14F2.C4H10.C2H6N2O.C2H6/c1-2-15(11-3-7-13(16)8-4-11)12-5-9-14(17)10-6-12;1-4(2)3;3-1-2(4)5;1-2/h3-10,15H,2H2,1H3;4H,1-3H3;1,3H2,(H2,4,5);1-2H3. The molecule has 0 radical (unpaired) electrons. The molecule has 28 heavy (non-hydrogen) atoms. The van der Waals surface area contributed by atoms with Gasteiger partial charge in [-0.15, -0.1) is 0 Å². The quantitative estimate of drug-likeness (QED) is 0.706. The molecule has 0 bridgehead atoms. The lowest BCUT2D eigenvalue weighted by atomic mass is 9.89. The Balaban J connectivity index is 0. The van der Waals surface area contributed by atoms with Crippen molar-refractivity contribution < 1.29 is 13.6 Å². The van der Waals surface area contributed by atoms with E-state index in [0.717, 1.165) is 23.5 Å². The zero-order valence-electron chi connectivity index (χ0n) is 18.0. The third-order valence-corrected chi connectivity index (χ3v) is 3.15. The van der Waals surface area contributed by atoms with Gasteiger partial charge in [0.25, 0.3) is 0 Å². The molecule has 2 rings (SSSR count). The maximum atomic E-state index is 12.9. The summed E-state index contributed by atoms with van der Waals surface area (Å²) < 4.78 is 25.7. The molecule has 3 nitrogen and oxygen atoms in total. The SMILES string of the molecule is CC.CC(C)C.CCC(c1ccc(F)cc1)c1ccc(F)cc1.NCC(N)=O. The van der Waals surface area contributed by atoms with Crippen LogP contribution in [0.2, 0.25) is 0 Å². The minimum absolute atomic E-state index is 0.0556. The van der Waals surface area contributed by atoms with Crippen molar-refractivity contribution in [2.45, 2.75) is 53.9 Å². The van der Waals surface area contributed by atoms with Gasteiger partial charge in [-0.05, 0) is 47.7 Å². The Hall–Kier alpha value is -2.27. The molecule has 1 amide bonds. The van der Waals surface area contributed by atoms with Crippen LogP contribution in [0, 0.1) is 17.6 Å². The number of hydrogen-bond acceptors (Lipinski definition) is 2. The van der Waals surface area contributed by atoms with Crippen LogP contribution in [0.15, 0.2) is 48.5 Å². The van der Waals surface area contributed by atoms with E-state index in [1.54, 1.807) is 24.3 Å². The summed E-state index contributed by atoms with van der Waals surface area (Å²) in [5, 5.41) is 0. The minimum atomic E-state index is -0.468. The molecule has 0 aromatic heterocycles. The first-order valence-corrected chi connectivity index (χ1v) is 9.70. The largest absolute Gasteiger partial charge is 0.369 e. The molecule has 0 fully saturated rings. The molecule has 0 saturated heterocycles. The maximum absolute atomic E-state index is 12.9. The van der Waals surface area contributed by atoms with Crippen LogP contribution in [0.3, 0.4) is 0 Å². The number of primary amides is 1. The number of hydrogen-bond donors (Lipinski definition) is 2. The van der Waals surface area contributed by atoms with Crippen LogP contribution < -0.4 is 11.5 Å². The van der Waals surface area contributed by atoms with E-state index in [1.165, 1.54) is 24.3 Å². The summed E-state index contributed by atoms with van der Waals surface area (Å²) in [6, 6.07) is 13.0. The van der Waals surface area contributed by atoms with Gasteiger partial charge in [0.05, 0.1) is 6.54 Å². The highest BCUT2D eigenvalue weighted by Crippen LogP contribution is 2.27. The summed E-state index contributed by atoms with van der Waals surface area (Å²) in [7, 11) is 0. The van der Waals surface area contributed by atoms with Crippen LogP contribution in [0.25, 0.3) is 0 Å². The molecule has 0 spiro atoms. The van der Waals surface area contributed by atoms with Gasteiger partial charge in [-0.2, -0.15) is 0 Å². The van der Waals surface area contributed by atoms with Crippen LogP contribution in [0.4, 0.5) is 8.78 Å². The highest BCUT2D eigenvalue weighted by atomic mass is 19.1. The zero-order chi connectivity index (χ0) is 22.1. The van der Waals surface area contributed by atoms with Gasteiger partial charge in [0.1, 0.15) is 11.6 Å². The minimum Gasteiger partial charge on any atom is -0.369 e. The molecule has 2 aromatic carbocycles. The molecular formula is C23H36F2N2O. The first-order valence-electron chi connectivity index (χ1n) is 9.70. The average molecular weight is 395 g/mol. The highest BCUT2D eigenvalue weighted by molar-refractivity contribution is 5.75. The van der Waals surface area contributed by atoms with Gasteiger partial charge in [0.2, 0.25) is 5.91 Å². The lowest BCUT2D eigenvalue weighted by molar-refractivity contribution is -0.116. The Labute approximate surface area is 169 Å². The van der Waals surface area contributed by atoms with Crippen molar-refractivity contribution in [3.63, 3.8) is 0 Å². The summed E-state index contributed by atoms with van der Waals surface area (Å²) in [5.74, 6) is 0.0895. The first-order chi connectivity index (χ1) is 13.2. The van der Waals surface area contributed by atoms with Crippen molar-refractivity contribution in [1.82, 2.24) is 0 Å². The van der Waals surface area contributed by atoms with Crippen molar-refractivity contribution in [3.05, 3.63) is 71.3 Å². The Morgan fingerprint density at radius 3 is 1.29 bits per heavy atom.